The van der Waals surface area contributed by atoms with E-state index in [1.807, 2.05) is 6.92 Å². The Kier molecular flexibility index (Phi) is 3.47. The number of nitrogens with one attached hydrogen (secondary N) is 1. The molecule has 1 aromatic heterocycles. The van der Waals surface area contributed by atoms with Crippen molar-refractivity contribution in [1.29, 1.82) is 5.26 Å². The monoisotopic (exact) mass is 262 g/mol. The second-order valence-electron chi connectivity index (χ2n) is 4.19. The molecular weight excluding hydrogens is 250 g/mol. The molecule has 0 saturated carbocycles. The van der Waals surface area contributed by atoms with Gasteiger partial charge < -0.3 is 5.32 Å². The lowest BCUT2D eigenvalue weighted by atomic mass is 10.2. The topological polar surface area (TPSA) is 53.6 Å². The Hall–Kier alpha value is -2.42. The SMILES string of the molecule is Cc1nn(C)cc1CNc1c(F)cc(C#N)cc1F. The highest BCUT2D eigenvalue weighted by Gasteiger charge is 2.12. The van der Waals surface area contributed by atoms with Crippen LogP contribution in [-0.2, 0) is 13.6 Å². The van der Waals surface area contributed by atoms with E-state index < -0.39 is 11.6 Å². The normalized spacial score (nSPS) is 10.3. The molecule has 0 aliphatic heterocycles. The predicted octanol–water partition coefficient (Wildman–Crippen LogP) is 2.49. The molecule has 0 saturated heterocycles. The molecule has 1 heterocycles. The molecule has 0 radical (unpaired) electrons. The Morgan fingerprint density at radius 3 is 2.47 bits per heavy atom. The first-order valence-electron chi connectivity index (χ1n) is 5.63. The van der Waals surface area contributed by atoms with E-state index in [4.69, 9.17) is 5.26 Å². The van der Waals surface area contributed by atoms with E-state index in [1.54, 1.807) is 24.0 Å². The van der Waals surface area contributed by atoms with Crippen LogP contribution in [0.2, 0.25) is 0 Å². The highest BCUT2D eigenvalue weighted by atomic mass is 19.1. The van der Waals surface area contributed by atoms with Gasteiger partial charge in [-0.25, -0.2) is 8.78 Å². The summed E-state index contributed by atoms with van der Waals surface area (Å²) in [6.07, 6.45) is 1.78. The average Bonchev–Trinajstić information content (AvgIpc) is 2.66. The van der Waals surface area contributed by atoms with E-state index in [1.165, 1.54) is 0 Å². The summed E-state index contributed by atoms with van der Waals surface area (Å²) in [4.78, 5) is 0. The summed E-state index contributed by atoms with van der Waals surface area (Å²) in [7, 11) is 1.78. The van der Waals surface area contributed by atoms with Crippen LogP contribution in [0.3, 0.4) is 0 Å². The van der Waals surface area contributed by atoms with Gasteiger partial charge in [0.15, 0.2) is 11.6 Å². The van der Waals surface area contributed by atoms with E-state index in [2.05, 4.69) is 10.4 Å². The third kappa shape index (κ3) is 2.71. The van der Waals surface area contributed by atoms with Gasteiger partial charge in [0, 0.05) is 25.4 Å². The van der Waals surface area contributed by atoms with Crippen LogP contribution in [0.4, 0.5) is 14.5 Å². The summed E-state index contributed by atoms with van der Waals surface area (Å²) in [5.41, 5.74) is 1.37. The second-order valence-corrected chi connectivity index (χ2v) is 4.19. The molecule has 0 atom stereocenters. The van der Waals surface area contributed by atoms with Gasteiger partial charge in [-0.2, -0.15) is 10.4 Å². The van der Waals surface area contributed by atoms with Gasteiger partial charge in [-0.15, -0.1) is 0 Å². The Morgan fingerprint density at radius 1 is 1.37 bits per heavy atom. The third-order valence-corrected chi connectivity index (χ3v) is 2.74. The zero-order valence-corrected chi connectivity index (χ0v) is 10.5. The molecule has 0 bridgehead atoms. The predicted molar refractivity (Wildman–Crippen MR) is 66.3 cm³/mol. The summed E-state index contributed by atoms with van der Waals surface area (Å²) in [5, 5.41) is 15.4. The van der Waals surface area contributed by atoms with E-state index in [-0.39, 0.29) is 17.8 Å². The molecule has 0 fully saturated rings. The Bertz CT molecular complexity index is 632. The zero-order valence-electron chi connectivity index (χ0n) is 10.5. The van der Waals surface area contributed by atoms with E-state index in [9.17, 15) is 8.78 Å². The number of anilines is 1. The highest BCUT2D eigenvalue weighted by molar-refractivity contribution is 5.50. The molecule has 0 amide bonds. The van der Waals surface area contributed by atoms with Crippen LogP contribution < -0.4 is 5.32 Å². The van der Waals surface area contributed by atoms with Gasteiger partial charge in [-0.05, 0) is 19.1 Å². The fraction of sp³-hybridized carbons (Fsp3) is 0.231. The van der Waals surface area contributed by atoms with Crippen molar-refractivity contribution in [2.45, 2.75) is 13.5 Å². The Balaban J connectivity index is 2.21. The lowest BCUT2D eigenvalue weighted by Crippen LogP contribution is -2.04. The van der Waals surface area contributed by atoms with Crippen LogP contribution in [0.15, 0.2) is 18.3 Å². The average molecular weight is 262 g/mol. The van der Waals surface area contributed by atoms with Crippen molar-refractivity contribution in [1.82, 2.24) is 9.78 Å². The van der Waals surface area contributed by atoms with E-state index in [0.29, 0.717) is 0 Å². The molecule has 2 aromatic rings. The minimum absolute atomic E-state index is 0.0434. The van der Waals surface area contributed by atoms with Gasteiger partial charge in [-0.1, -0.05) is 0 Å². The van der Waals surface area contributed by atoms with Gasteiger partial charge >= 0.3 is 0 Å². The van der Waals surface area contributed by atoms with Gasteiger partial charge in [-0.3, -0.25) is 4.68 Å². The number of aryl methyl sites for hydroxylation is 2. The quantitative estimate of drug-likeness (QED) is 0.924. The van der Waals surface area contributed by atoms with Gasteiger partial charge in [0.05, 0.1) is 17.3 Å². The van der Waals surface area contributed by atoms with Crippen LogP contribution in [0, 0.1) is 29.9 Å². The summed E-state index contributed by atoms with van der Waals surface area (Å²) in [6, 6.07) is 3.70. The fourth-order valence-corrected chi connectivity index (χ4v) is 1.81. The summed E-state index contributed by atoms with van der Waals surface area (Å²) in [5.74, 6) is -1.56. The van der Waals surface area contributed by atoms with Crippen molar-refractivity contribution < 1.29 is 8.78 Å². The number of benzene rings is 1. The third-order valence-electron chi connectivity index (χ3n) is 2.74. The molecule has 6 heteroatoms. The number of hydrogen-bond acceptors (Lipinski definition) is 3. The maximum absolute atomic E-state index is 13.6. The van der Waals surface area contributed by atoms with Crippen molar-refractivity contribution in [3.8, 4) is 6.07 Å². The minimum atomic E-state index is -0.780. The van der Waals surface area contributed by atoms with E-state index in [0.717, 1.165) is 23.4 Å². The summed E-state index contributed by atoms with van der Waals surface area (Å²) in [6.45, 7) is 2.09. The Labute approximate surface area is 109 Å². The molecule has 1 N–H and O–H groups in total. The molecule has 1 aromatic carbocycles. The van der Waals surface area contributed by atoms with E-state index >= 15 is 0 Å². The number of halogens is 2. The maximum atomic E-state index is 13.6. The Morgan fingerprint density at radius 2 is 2.00 bits per heavy atom. The second kappa shape index (κ2) is 5.06. The first-order valence-corrected chi connectivity index (χ1v) is 5.63. The smallest absolute Gasteiger partial charge is 0.150 e. The number of rotatable bonds is 3. The molecule has 0 aliphatic rings. The van der Waals surface area contributed by atoms with Crippen molar-refractivity contribution in [3.05, 3.63) is 46.8 Å². The number of nitriles is 1. The van der Waals surface area contributed by atoms with Crippen LogP contribution in [0.25, 0.3) is 0 Å². The van der Waals surface area contributed by atoms with Crippen LogP contribution >= 0.6 is 0 Å². The fourth-order valence-electron chi connectivity index (χ4n) is 1.81. The van der Waals surface area contributed by atoms with Crippen molar-refractivity contribution in [2.75, 3.05) is 5.32 Å². The van der Waals surface area contributed by atoms with Crippen molar-refractivity contribution in [3.63, 3.8) is 0 Å². The van der Waals surface area contributed by atoms with Gasteiger partial charge in [0.2, 0.25) is 0 Å². The molecule has 98 valence electrons. The minimum Gasteiger partial charge on any atom is -0.376 e. The van der Waals surface area contributed by atoms with Crippen molar-refractivity contribution >= 4 is 5.69 Å². The number of hydrogen-bond donors (Lipinski definition) is 1. The molecule has 0 spiro atoms. The number of aromatic nitrogens is 2. The molecule has 19 heavy (non-hydrogen) atoms. The first-order chi connectivity index (χ1) is 9.01. The van der Waals surface area contributed by atoms with Crippen LogP contribution in [0.1, 0.15) is 16.8 Å². The standard InChI is InChI=1S/C13H12F2N4/c1-8-10(7-19(2)18-8)6-17-13-11(14)3-9(5-16)4-12(13)15/h3-4,7,17H,6H2,1-2H3. The highest BCUT2D eigenvalue weighted by Crippen LogP contribution is 2.21. The van der Waals surface area contributed by atoms with Crippen LogP contribution in [0.5, 0.6) is 0 Å². The lowest BCUT2D eigenvalue weighted by Gasteiger charge is -2.08. The molecular formula is C13H12F2N4. The maximum Gasteiger partial charge on any atom is 0.150 e. The molecule has 2 rings (SSSR count). The molecule has 0 aliphatic carbocycles. The zero-order chi connectivity index (χ0) is 14.0. The van der Waals surface area contributed by atoms with Crippen LogP contribution in [-0.4, -0.2) is 9.78 Å². The summed E-state index contributed by atoms with van der Waals surface area (Å²) >= 11 is 0. The largest absolute Gasteiger partial charge is 0.376 e. The van der Waals surface area contributed by atoms with Gasteiger partial charge in [0.25, 0.3) is 0 Å². The number of nitrogens with zero attached hydrogens (tertiary/aromatic N) is 3. The van der Waals surface area contributed by atoms with Crippen molar-refractivity contribution in [2.24, 2.45) is 7.05 Å². The first kappa shape index (κ1) is 13.0. The van der Waals surface area contributed by atoms with Gasteiger partial charge in [0.1, 0.15) is 5.69 Å². The summed E-state index contributed by atoms with van der Waals surface area (Å²) < 4.78 is 28.9. The molecule has 0 unspecified atom stereocenters. The molecule has 4 nitrogen and oxygen atoms in total. The lowest BCUT2D eigenvalue weighted by molar-refractivity contribution is 0.587.